The van der Waals surface area contributed by atoms with Crippen molar-refractivity contribution in [2.45, 2.75) is 51.7 Å². The molecular formula is C28H30N4O3. The average molecular weight is 471 g/mol. The molecule has 3 aromatic rings. The minimum absolute atomic E-state index is 0.0403. The number of hydrogen-bond acceptors (Lipinski definition) is 5. The van der Waals surface area contributed by atoms with Gasteiger partial charge in [0.25, 0.3) is 5.91 Å². The summed E-state index contributed by atoms with van der Waals surface area (Å²) in [6.07, 6.45) is 9.13. The molecule has 2 aromatic carbocycles. The second-order valence-electron chi connectivity index (χ2n) is 8.95. The predicted octanol–water partition coefficient (Wildman–Crippen LogP) is 4.35. The van der Waals surface area contributed by atoms with Crippen molar-refractivity contribution in [2.75, 3.05) is 6.61 Å². The van der Waals surface area contributed by atoms with Crippen LogP contribution >= 0.6 is 0 Å². The van der Waals surface area contributed by atoms with Crippen molar-refractivity contribution in [1.29, 1.82) is 5.26 Å². The number of imidazole rings is 1. The maximum Gasteiger partial charge on any atom is 0.251 e. The molecule has 1 aliphatic heterocycles. The van der Waals surface area contributed by atoms with E-state index in [0.29, 0.717) is 29.7 Å². The van der Waals surface area contributed by atoms with Gasteiger partial charge in [0.1, 0.15) is 17.6 Å². The molecule has 0 radical (unpaired) electrons. The number of aliphatic hydroxyl groups is 1. The van der Waals surface area contributed by atoms with Crippen molar-refractivity contribution in [3.05, 3.63) is 77.3 Å². The summed E-state index contributed by atoms with van der Waals surface area (Å²) in [6.45, 7) is 3.73. The Balaban J connectivity index is 1.43. The molecule has 0 spiro atoms. The first-order valence-electron chi connectivity index (χ1n) is 11.9. The fourth-order valence-corrected chi connectivity index (χ4v) is 4.15. The number of nitrogens with one attached hydrogen (secondary N) is 1. The number of rotatable bonds is 9. The van der Waals surface area contributed by atoms with Crippen LogP contribution in [0.3, 0.4) is 0 Å². The quantitative estimate of drug-likeness (QED) is 0.484. The standard InChI is InChI=1S/C28H30N4O3/c1-19(2)35-26-11-10-22(16-23(26)17-29)28(34)30-24(12-14-33)15-20-6-8-21(9-7-20)25-18-32-13-4-3-5-27(32)31-25/h4,6-11,13,16,18-19,24,33H,3,5,12,14-15H2,1-2H3,(H,30,34)/t24-/m1/s1. The lowest BCUT2D eigenvalue weighted by molar-refractivity contribution is 0.0930. The average Bonchev–Trinajstić information content (AvgIpc) is 3.29. The molecule has 0 bridgehead atoms. The third-order valence-corrected chi connectivity index (χ3v) is 5.88. The molecule has 0 unspecified atom stereocenters. The Kier molecular flexibility index (Phi) is 7.64. The highest BCUT2D eigenvalue weighted by Crippen LogP contribution is 2.23. The number of carbonyl (C=O) groups is 1. The number of fused-ring (bicyclic) bond motifs is 1. The van der Waals surface area contributed by atoms with E-state index in [4.69, 9.17) is 9.72 Å². The molecule has 7 heteroatoms. The zero-order valence-corrected chi connectivity index (χ0v) is 20.1. The lowest BCUT2D eigenvalue weighted by Gasteiger charge is -2.19. The summed E-state index contributed by atoms with van der Waals surface area (Å²) in [7, 11) is 0. The molecule has 1 atom stereocenters. The van der Waals surface area contributed by atoms with Gasteiger partial charge in [-0.1, -0.05) is 30.3 Å². The second kappa shape index (κ2) is 11.0. The van der Waals surface area contributed by atoms with Crippen molar-refractivity contribution in [2.24, 2.45) is 0 Å². The van der Waals surface area contributed by atoms with Crippen LogP contribution in [0.5, 0.6) is 5.75 Å². The Bertz CT molecular complexity index is 1250. The van der Waals surface area contributed by atoms with Crippen molar-refractivity contribution < 1.29 is 14.6 Å². The van der Waals surface area contributed by atoms with Crippen LogP contribution in [-0.2, 0) is 12.8 Å². The van der Waals surface area contributed by atoms with E-state index < -0.39 is 0 Å². The smallest absolute Gasteiger partial charge is 0.251 e. The third kappa shape index (κ3) is 5.97. The van der Waals surface area contributed by atoms with Crippen molar-refractivity contribution >= 4 is 12.1 Å². The fourth-order valence-electron chi connectivity index (χ4n) is 4.15. The van der Waals surface area contributed by atoms with Crippen molar-refractivity contribution in [3.63, 3.8) is 0 Å². The first-order chi connectivity index (χ1) is 17.0. The zero-order valence-electron chi connectivity index (χ0n) is 20.1. The number of aliphatic hydroxyl groups excluding tert-OH is 1. The van der Waals surface area contributed by atoms with Gasteiger partial charge < -0.3 is 19.7 Å². The molecule has 1 aromatic heterocycles. The van der Waals surface area contributed by atoms with Crippen LogP contribution in [0.4, 0.5) is 0 Å². The Labute approximate surface area is 205 Å². The minimum atomic E-state index is -0.288. The molecule has 1 amide bonds. The van der Waals surface area contributed by atoms with Gasteiger partial charge >= 0.3 is 0 Å². The Morgan fingerprint density at radius 2 is 2.06 bits per heavy atom. The summed E-state index contributed by atoms with van der Waals surface area (Å²) in [5, 5.41) is 22.0. The number of nitrogens with zero attached hydrogens (tertiary/aromatic N) is 3. The summed E-state index contributed by atoms with van der Waals surface area (Å²) >= 11 is 0. The van der Waals surface area contributed by atoms with Crippen LogP contribution in [0.15, 0.2) is 54.7 Å². The molecule has 7 nitrogen and oxygen atoms in total. The molecule has 35 heavy (non-hydrogen) atoms. The van der Waals surface area contributed by atoms with Crippen molar-refractivity contribution in [1.82, 2.24) is 14.9 Å². The molecule has 0 saturated heterocycles. The number of carbonyl (C=O) groups excluding carboxylic acids is 1. The van der Waals surface area contributed by atoms with Gasteiger partial charge in [-0.3, -0.25) is 4.79 Å². The largest absolute Gasteiger partial charge is 0.490 e. The van der Waals surface area contributed by atoms with Gasteiger partial charge in [-0.2, -0.15) is 5.26 Å². The maximum absolute atomic E-state index is 12.9. The summed E-state index contributed by atoms with van der Waals surface area (Å²) < 4.78 is 7.71. The van der Waals surface area contributed by atoms with Crippen LogP contribution in [0.2, 0.25) is 0 Å². The topological polar surface area (TPSA) is 100 Å². The number of aryl methyl sites for hydroxylation is 1. The van der Waals surface area contributed by atoms with Crippen LogP contribution in [-0.4, -0.2) is 39.3 Å². The second-order valence-corrected chi connectivity index (χ2v) is 8.95. The van der Waals surface area contributed by atoms with E-state index in [9.17, 15) is 15.2 Å². The van der Waals surface area contributed by atoms with E-state index in [2.05, 4.69) is 28.2 Å². The highest BCUT2D eigenvalue weighted by atomic mass is 16.5. The molecule has 2 N–H and O–H groups in total. The number of amides is 1. The minimum Gasteiger partial charge on any atom is -0.490 e. The van der Waals surface area contributed by atoms with E-state index >= 15 is 0 Å². The number of allylic oxidation sites excluding steroid dienone is 1. The van der Waals surface area contributed by atoms with Crippen LogP contribution in [0, 0.1) is 11.3 Å². The van der Waals surface area contributed by atoms with E-state index in [0.717, 1.165) is 35.5 Å². The Morgan fingerprint density at radius 1 is 1.26 bits per heavy atom. The molecule has 1 aliphatic rings. The highest BCUT2D eigenvalue weighted by molar-refractivity contribution is 5.95. The van der Waals surface area contributed by atoms with Gasteiger partial charge in [-0.25, -0.2) is 4.98 Å². The molecule has 0 fully saturated rings. The first kappa shape index (κ1) is 24.2. The maximum atomic E-state index is 12.9. The molecule has 2 heterocycles. The predicted molar refractivity (Wildman–Crippen MR) is 135 cm³/mol. The number of aromatic nitrogens is 2. The highest BCUT2D eigenvalue weighted by Gasteiger charge is 2.17. The van der Waals surface area contributed by atoms with E-state index in [-0.39, 0.29) is 24.7 Å². The van der Waals surface area contributed by atoms with Crippen LogP contribution in [0.1, 0.15) is 54.0 Å². The van der Waals surface area contributed by atoms with E-state index in [1.807, 2.05) is 44.3 Å². The first-order valence-corrected chi connectivity index (χ1v) is 11.9. The monoisotopic (exact) mass is 470 g/mol. The third-order valence-electron chi connectivity index (χ3n) is 5.88. The zero-order chi connectivity index (χ0) is 24.8. The molecule has 0 aliphatic carbocycles. The summed E-state index contributed by atoms with van der Waals surface area (Å²) in [5.74, 6) is 1.24. The Hall–Kier alpha value is -3.89. The normalized spacial score (nSPS) is 13.2. The lowest BCUT2D eigenvalue weighted by atomic mass is 10.0. The summed E-state index contributed by atoms with van der Waals surface area (Å²) in [4.78, 5) is 17.6. The number of nitriles is 1. The molecule has 4 rings (SSSR count). The van der Waals surface area contributed by atoms with Gasteiger partial charge in [0.15, 0.2) is 0 Å². The molecule has 180 valence electrons. The summed E-state index contributed by atoms with van der Waals surface area (Å²) in [6, 6.07) is 14.8. The van der Waals surface area contributed by atoms with Crippen LogP contribution in [0.25, 0.3) is 17.5 Å². The van der Waals surface area contributed by atoms with Crippen LogP contribution < -0.4 is 10.1 Å². The fraction of sp³-hybridized carbons (Fsp3) is 0.321. The van der Waals surface area contributed by atoms with Gasteiger partial charge in [0.2, 0.25) is 0 Å². The number of benzene rings is 2. The molecular weight excluding hydrogens is 440 g/mol. The Morgan fingerprint density at radius 3 is 2.74 bits per heavy atom. The number of hydrogen-bond donors (Lipinski definition) is 2. The molecule has 0 saturated carbocycles. The van der Waals surface area contributed by atoms with Crippen molar-refractivity contribution in [3.8, 4) is 23.1 Å². The van der Waals surface area contributed by atoms with E-state index in [1.165, 1.54) is 6.07 Å². The van der Waals surface area contributed by atoms with Gasteiger partial charge in [0, 0.05) is 42.6 Å². The lowest BCUT2D eigenvalue weighted by Crippen LogP contribution is -2.37. The van der Waals surface area contributed by atoms with E-state index in [1.54, 1.807) is 12.1 Å². The van der Waals surface area contributed by atoms with Gasteiger partial charge in [-0.15, -0.1) is 0 Å². The van der Waals surface area contributed by atoms with Gasteiger partial charge in [0.05, 0.1) is 17.4 Å². The summed E-state index contributed by atoms with van der Waals surface area (Å²) in [5.41, 5.74) is 3.73. The SMILES string of the molecule is CC(C)Oc1ccc(C(=O)N[C@H](CCO)Cc2ccc(-c3cn4c(n3)CCC=C4)cc2)cc1C#N. The number of ether oxygens (including phenoxy) is 1. The van der Waals surface area contributed by atoms with Gasteiger partial charge in [-0.05, 0) is 56.9 Å².